The van der Waals surface area contributed by atoms with Crippen LogP contribution in [0.15, 0.2) is 24.3 Å². The molecule has 0 amide bonds. The number of carbonyl (C=O) groups is 2. The fourth-order valence-electron chi connectivity index (χ4n) is 4.78. The van der Waals surface area contributed by atoms with E-state index in [-0.39, 0.29) is 6.61 Å². The third-order valence-electron chi connectivity index (χ3n) is 7.48. The summed E-state index contributed by atoms with van der Waals surface area (Å²) in [5.74, 6) is -0.982. The molecule has 4 nitrogen and oxygen atoms in total. The lowest BCUT2D eigenvalue weighted by Crippen LogP contribution is -2.41. The molecule has 212 valence electrons. The minimum atomic E-state index is -1.24. The quantitative estimate of drug-likeness (QED) is 0.0792. The number of halogens is 1. The van der Waals surface area contributed by atoms with E-state index in [9.17, 15) is 9.59 Å². The summed E-state index contributed by atoms with van der Waals surface area (Å²) in [6.07, 6.45) is 21.6. The lowest BCUT2D eigenvalue weighted by molar-refractivity contribution is -0.174. The first-order valence-corrected chi connectivity index (χ1v) is 15.5. The Hall–Kier alpha value is -1.55. The molecule has 0 unspecified atom stereocenters. The van der Waals surface area contributed by atoms with E-state index in [0.29, 0.717) is 24.5 Å². The van der Waals surface area contributed by atoms with Crippen molar-refractivity contribution in [3.05, 3.63) is 34.9 Å². The Bertz CT molecular complexity index is 729. The van der Waals surface area contributed by atoms with E-state index in [1.807, 2.05) is 26.0 Å². The van der Waals surface area contributed by atoms with Crippen molar-refractivity contribution in [1.29, 1.82) is 0 Å². The Morgan fingerprint density at radius 3 is 1.59 bits per heavy atom. The van der Waals surface area contributed by atoms with Crippen LogP contribution in [0.3, 0.4) is 0 Å². The number of esters is 2. The van der Waals surface area contributed by atoms with Crippen LogP contribution < -0.4 is 0 Å². The normalized spacial score (nSPS) is 11.5. The number of rotatable bonds is 23. The number of hydrogen-bond donors (Lipinski definition) is 0. The van der Waals surface area contributed by atoms with Crippen molar-refractivity contribution in [3.8, 4) is 0 Å². The Balaban J connectivity index is 2.11. The van der Waals surface area contributed by atoms with Crippen molar-refractivity contribution in [3.63, 3.8) is 0 Å². The molecule has 0 heterocycles. The van der Waals surface area contributed by atoms with E-state index in [1.54, 1.807) is 12.1 Å². The monoisotopic (exact) mass is 536 g/mol. The van der Waals surface area contributed by atoms with Crippen LogP contribution in [0.1, 0.15) is 142 Å². The molecule has 0 aliphatic heterocycles. The summed E-state index contributed by atoms with van der Waals surface area (Å²) in [6, 6.07) is 7.17. The molecule has 0 saturated carbocycles. The molecule has 0 atom stereocenters. The van der Waals surface area contributed by atoms with Gasteiger partial charge in [-0.15, -0.1) is 0 Å². The van der Waals surface area contributed by atoms with Crippen molar-refractivity contribution < 1.29 is 19.1 Å². The highest BCUT2D eigenvalue weighted by Gasteiger charge is 2.45. The van der Waals surface area contributed by atoms with Gasteiger partial charge >= 0.3 is 11.9 Å². The van der Waals surface area contributed by atoms with E-state index >= 15 is 0 Å². The molecule has 0 fully saturated rings. The van der Waals surface area contributed by atoms with E-state index in [2.05, 4.69) is 6.92 Å². The van der Waals surface area contributed by atoms with Crippen LogP contribution in [0.4, 0.5) is 0 Å². The smallest absolute Gasteiger partial charge is 0.323 e. The lowest BCUT2D eigenvalue weighted by Gasteiger charge is -2.27. The summed E-state index contributed by atoms with van der Waals surface area (Å²) in [5.41, 5.74) is -0.448. The largest absolute Gasteiger partial charge is 0.465 e. The Labute approximate surface area is 232 Å². The molecule has 0 saturated heterocycles. The number of unbranched alkanes of at least 4 members (excludes halogenated alkanes) is 15. The predicted molar refractivity (Wildman–Crippen MR) is 155 cm³/mol. The van der Waals surface area contributed by atoms with E-state index < -0.39 is 17.4 Å². The van der Waals surface area contributed by atoms with Gasteiger partial charge in [-0.05, 0) is 37.0 Å². The first-order chi connectivity index (χ1) is 18.0. The van der Waals surface area contributed by atoms with Gasteiger partial charge in [-0.2, -0.15) is 0 Å². The second-order valence-corrected chi connectivity index (χ2v) is 10.9. The van der Waals surface area contributed by atoms with E-state index in [0.717, 1.165) is 18.4 Å². The van der Waals surface area contributed by atoms with Gasteiger partial charge in [0.1, 0.15) is 6.61 Å². The SMILES string of the molecule is CCCCCCCCCCCCCCCCCCOC(=O)C(CC)(CC)C(=O)OCc1cccc(Cl)c1. The molecule has 1 aromatic carbocycles. The van der Waals surface area contributed by atoms with Crippen molar-refractivity contribution in [2.75, 3.05) is 6.61 Å². The predicted octanol–water partition coefficient (Wildman–Crippen LogP) is 9.99. The molecule has 0 N–H and O–H groups in total. The summed E-state index contributed by atoms with van der Waals surface area (Å²) in [4.78, 5) is 25.7. The topological polar surface area (TPSA) is 52.6 Å². The standard InChI is InChI=1S/C32H53ClO4/c1-4-7-8-9-10-11-12-13-14-15-16-17-18-19-20-21-25-36-30(34)32(5-2,6-3)31(35)37-27-28-23-22-24-29(33)26-28/h22-24,26H,4-21,25,27H2,1-3H3. The van der Waals surface area contributed by atoms with Crippen molar-refractivity contribution >= 4 is 23.5 Å². The molecule has 0 radical (unpaired) electrons. The summed E-state index contributed by atoms with van der Waals surface area (Å²) in [5, 5.41) is 0.587. The fourth-order valence-corrected chi connectivity index (χ4v) is 4.99. The maximum atomic E-state index is 12.9. The second-order valence-electron chi connectivity index (χ2n) is 10.4. The summed E-state index contributed by atoms with van der Waals surface area (Å²) in [6.45, 7) is 6.39. The number of ether oxygens (including phenoxy) is 2. The first kappa shape index (κ1) is 33.5. The van der Waals surface area contributed by atoms with Crippen LogP contribution in [0, 0.1) is 5.41 Å². The van der Waals surface area contributed by atoms with Crippen LogP contribution in [-0.2, 0) is 25.7 Å². The Kier molecular flexibility index (Phi) is 19.4. The Morgan fingerprint density at radius 1 is 0.676 bits per heavy atom. The van der Waals surface area contributed by atoms with Crippen molar-refractivity contribution in [2.45, 2.75) is 143 Å². The summed E-state index contributed by atoms with van der Waals surface area (Å²) < 4.78 is 11.0. The number of carbonyl (C=O) groups excluding carboxylic acids is 2. The van der Waals surface area contributed by atoms with Crippen molar-refractivity contribution in [2.24, 2.45) is 5.41 Å². The van der Waals surface area contributed by atoms with Gasteiger partial charge in [-0.3, -0.25) is 9.59 Å². The molecule has 5 heteroatoms. The zero-order chi connectivity index (χ0) is 27.2. The van der Waals surface area contributed by atoms with Gasteiger partial charge in [0.25, 0.3) is 0 Å². The average molecular weight is 537 g/mol. The van der Waals surface area contributed by atoms with Crippen LogP contribution in [-0.4, -0.2) is 18.5 Å². The zero-order valence-corrected chi connectivity index (χ0v) is 24.7. The van der Waals surface area contributed by atoms with Gasteiger partial charge in [-0.25, -0.2) is 0 Å². The van der Waals surface area contributed by atoms with E-state index in [4.69, 9.17) is 21.1 Å². The fraction of sp³-hybridized carbons (Fsp3) is 0.750. The number of hydrogen-bond acceptors (Lipinski definition) is 4. The van der Waals surface area contributed by atoms with Crippen LogP contribution in [0.25, 0.3) is 0 Å². The minimum absolute atomic E-state index is 0.0908. The molecular weight excluding hydrogens is 484 g/mol. The third-order valence-corrected chi connectivity index (χ3v) is 7.71. The second kappa shape index (κ2) is 21.4. The average Bonchev–Trinajstić information content (AvgIpc) is 2.90. The zero-order valence-electron chi connectivity index (χ0n) is 24.0. The Morgan fingerprint density at radius 2 is 1.14 bits per heavy atom. The van der Waals surface area contributed by atoms with Gasteiger partial charge in [0.05, 0.1) is 6.61 Å². The van der Waals surface area contributed by atoms with Gasteiger partial charge in [-0.1, -0.05) is 141 Å². The van der Waals surface area contributed by atoms with Crippen LogP contribution in [0.5, 0.6) is 0 Å². The van der Waals surface area contributed by atoms with Gasteiger partial charge in [0, 0.05) is 5.02 Å². The number of benzene rings is 1. The van der Waals surface area contributed by atoms with Crippen LogP contribution >= 0.6 is 11.6 Å². The van der Waals surface area contributed by atoms with Gasteiger partial charge < -0.3 is 9.47 Å². The summed E-state index contributed by atoms with van der Waals surface area (Å²) in [7, 11) is 0. The van der Waals surface area contributed by atoms with Gasteiger partial charge in [0.15, 0.2) is 5.41 Å². The first-order valence-electron chi connectivity index (χ1n) is 15.1. The molecule has 1 aromatic rings. The molecule has 1 rings (SSSR count). The maximum Gasteiger partial charge on any atom is 0.323 e. The highest BCUT2D eigenvalue weighted by atomic mass is 35.5. The highest BCUT2D eigenvalue weighted by molar-refractivity contribution is 6.30. The van der Waals surface area contributed by atoms with Crippen LogP contribution in [0.2, 0.25) is 5.02 Å². The molecule has 0 aliphatic rings. The van der Waals surface area contributed by atoms with Crippen molar-refractivity contribution in [1.82, 2.24) is 0 Å². The molecule has 0 bridgehead atoms. The maximum absolute atomic E-state index is 12.9. The van der Waals surface area contributed by atoms with E-state index in [1.165, 1.54) is 89.9 Å². The molecule has 0 aliphatic carbocycles. The highest BCUT2D eigenvalue weighted by Crippen LogP contribution is 2.31. The molecule has 37 heavy (non-hydrogen) atoms. The molecular formula is C32H53ClO4. The minimum Gasteiger partial charge on any atom is -0.465 e. The third kappa shape index (κ3) is 14.3. The molecule has 0 aromatic heterocycles. The van der Waals surface area contributed by atoms with Gasteiger partial charge in [0.2, 0.25) is 0 Å². The molecule has 0 spiro atoms. The summed E-state index contributed by atoms with van der Waals surface area (Å²) >= 11 is 6.00. The lowest BCUT2D eigenvalue weighted by atomic mass is 9.82.